The highest BCUT2D eigenvalue weighted by atomic mass is 16.1. The van der Waals surface area contributed by atoms with Crippen LogP contribution in [0.25, 0.3) is 0 Å². The molecule has 1 unspecified atom stereocenters. The van der Waals surface area contributed by atoms with Crippen molar-refractivity contribution in [1.82, 2.24) is 5.32 Å². The molecule has 0 saturated carbocycles. The van der Waals surface area contributed by atoms with Gasteiger partial charge >= 0.3 is 0 Å². The number of nitrogens with two attached hydrogens (primary N) is 1. The molecular weight excluding hydrogens is 236 g/mol. The van der Waals surface area contributed by atoms with Gasteiger partial charge in [-0.3, -0.25) is 4.79 Å². The van der Waals surface area contributed by atoms with Crippen LogP contribution in [-0.4, -0.2) is 18.5 Å². The zero-order valence-electron chi connectivity index (χ0n) is 12.5. The summed E-state index contributed by atoms with van der Waals surface area (Å²) >= 11 is 0. The highest BCUT2D eigenvalue weighted by Crippen LogP contribution is 2.24. The molecule has 0 radical (unpaired) electrons. The maximum atomic E-state index is 11.7. The largest absolute Gasteiger partial charge is 0.354 e. The molecular formula is C16H26N2O. The lowest BCUT2D eigenvalue weighted by atomic mass is 9.90. The van der Waals surface area contributed by atoms with E-state index in [4.69, 9.17) is 5.73 Å². The van der Waals surface area contributed by atoms with Gasteiger partial charge in [0.05, 0.1) is 0 Å². The van der Waals surface area contributed by atoms with Crippen LogP contribution in [0.1, 0.15) is 49.3 Å². The lowest BCUT2D eigenvalue weighted by Crippen LogP contribution is -2.30. The lowest BCUT2D eigenvalue weighted by molar-refractivity contribution is -0.121. The fourth-order valence-corrected chi connectivity index (χ4v) is 2.38. The molecule has 0 aromatic heterocycles. The first-order valence-corrected chi connectivity index (χ1v) is 7.00. The van der Waals surface area contributed by atoms with Crippen molar-refractivity contribution >= 4 is 5.91 Å². The van der Waals surface area contributed by atoms with Crippen LogP contribution >= 0.6 is 0 Å². The summed E-state index contributed by atoms with van der Waals surface area (Å²) < 4.78 is 0. The third-order valence-electron chi connectivity index (χ3n) is 3.32. The molecule has 0 spiro atoms. The summed E-state index contributed by atoms with van der Waals surface area (Å²) in [5.41, 5.74) is 9.66. The van der Waals surface area contributed by atoms with Crippen LogP contribution in [0, 0.1) is 13.8 Å². The highest BCUT2D eigenvalue weighted by Gasteiger charge is 2.14. The quantitative estimate of drug-likeness (QED) is 0.828. The fourth-order valence-electron chi connectivity index (χ4n) is 2.38. The summed E-state index contributed by atoms with van der Waals surface area (Å²) in [6.07, 6.45) is 1.34. The molecule has 1 aromatic carbocycles. The van der Waals surface area contributed by atoms with Crippen molar-refractivity contribution in [3.63, 3.8) is 0 Å². The lowest BCUT2D eigenvalue weighted by Gasteiger charge is -2.18. The van der Waals surface area contributed by atoms with E-state index in [1.54, 1.807) is 0 Å². The Balaban J connectivity index is 2.65. The number of aryl methyl sites for hydroxylation is 2. The molecule has 0 bridgehead atoms. The molecule has 106 valence electrons. The Morgan fingerprint density at radius 3 is 2.53 bits per heavy atom. The summed E-state index contributed by atoms with van der Waals surface area (Å²) in [7, 11) is 0. The maximum Gasteiger partial charge on any atom is 0.220 e. The first-order valence-electron chi connectivity index (χ1n) is 7.00. The summed E-state index contributed by atoms with van der Waals surface area (Å²) in [6, 6.07) is 6.62. The summed E-state index contributed by atoms with van der Waals surface area (Å²) in [4.78, 5) is 11.7. The molecule has 1 atom stereocenters. The van der Waals surface area contributed by atoms with Crippen LogP contribution in [0.15, 0.2) is 18.2 Å². The number of benzene rings is 1. The predicted molar refractivity (Wildman–Crippen MR) is 80.2 cm³/mol. The van der Waals surface area contributed by atoms with E-state index < -0.39 is 0 Å². The Hall–Kier alpha value is -1.35. The minimum atomic E-state index is 0.109. The molecule has 0 aliphatic carbocycles. The molecule has 0 heterocycles. The molecule has 0 aliphatic rings. The van der Waals surface area contributed by atoms with Crippen LogP contribution in [0.2, 0.25) is 0 Å². The van der Waals surface area contributed by atoms with E-state index in [9.17, 15) is 4.79 Å². The second kappa shape index (κ2) is 7.29. The summed E-state index contributed by atoms with van der Waals surface area (Å²) in [5, 5.41) is 2.92. The zero-order valence-corrected chi connectivity index (χ0v) is 12.5. The molecule has 3 N–H and O–H groups in total. The van der Waals surface area contributed by atoms with E-state index in [1.807, 2.05) is 13.8 Å². The molecule has 0 saturated heterocycles. The number of carbonyl (C=O) groups excluding carboxylic acids is 1. The molecule has 1 aromatic rings. The minimum absolute atomic E-state index is 0.109. The Morgan fingerprint density at radius 1 is 1.32 bits per heavy atom. The van der Waals surface area contributed by atoms with E-state index in [0.717, 1.165) is 6.42 Å². The molecule has 3 nitrogen and oxygen atoms in total. The van der Waals surface area contributed by atoms with Crippen LogP contribution in [0.4, 0.5) is 0 Å². The standard InChI is InChI=1S/C16H26N2O/c1-11(2)18-16(19)8-6-14(10-17)15-7-5-12(3)9-13(15)4/h5,7,9,11,14H,6,8,10,17H2,1-4H3,(H,18,19). The summed E-state index contributed by atoms with van der Waals surface area (Å²) in [5.74, 6) is 0.372. The zero-order chi connectivity index (χ0) is 14.4. The van der Waals surface area contributed by atoms with Crippen molar-refractivity contribution in [2.24, 2.45) is 5.73 Å². The van der Waals surface area contributed by atoms with Crippen LogP contribution in [0.3, 0.4) is 0 Å². The topological polar surface area (TPSA) is 55.1 Å². The number of nitrogens with one attached hydrogen (secondary N) is 1. The minimum Gasteiger partial charge on any atom is -0.354 e. The van der Waals surface area contributed by atoms with Gasteiger partial charge in [0, 0.05) is 12.5 Å². The van der Waals surface area contributed by atoms with Gasteiger partial charge in [-0.25, -0.2) is 0 Å². The smallest absolute Gasteiger partial charge is 0.220 e. The van der Waals surface area contributed by atoms with Crippen LogP contribution in [0.5, 0.6) is 0 Å². The van der Waals surface area contributed by atoms with Gasteiger partial charge in [0.15, 0.2) is 0 Å². The van der Waals surface area contributed by atoms with Gasteiger partial charge in [0.1, 0.15) is 0 Å². The Labute approximate surface area is 116 Å². The Morgan fingerprint density at radius 2 is 2.00 bits per heavy atom. The first kappa shape index (κ1) is 15.7. The van der Waals surface area contributed by atoms with Crippen molar-refractivity contribution in [2.75, 3.05) is 6.54 Å². The van der Waals surface area contributed by atoms with Crippen molar-refractivity contribution in [3.8, 4) is 0 Å². The van der Waals surface area contributed by atoms with Gasteiger partial charge in [0.25, 0.3) is 0 Å². The van der Waals surface area contributed by atoms with Crippen molar-refractivity contribution in [2.45, 2.75) is 52.5 Å². The second-order valence-electron chi connectivity index (χ2n) is 5.55. The van der Waals surface area contributed by atoms with Gasteiger partial charge in [-0.1, -0.05) is 23.8 Å². The van der Waals surface area contributed by atoms with Gasteiger partial charge in [0.2, 0.25) is 5.91 Å². The average Bonchev–Trinajstić information content (AvgIpc) is 2.31. The SMILES string of the molecule is Cc1ccc(C(CN)CCC(=O)NC(C)C)c(C)c1. The fraction of sp³-hybridized carbons (Fsp3) is 0.562. The predicted octanol–water partition coefficient (Wildman–Crippen LogP) is 2.65. The maximum absolute atomic E-state index is 11.7. The van der Waals surface area contributed by atoms with Gasteiger partial charge in [-0.2, -0.15) is 0 Å². The van der Waals surface area contributed by atoms with Crippen LogP contribution in [-0.2, 0) is 4.79 Å². The molecule has 3 heteroatoms. The van der Waals surface area contributed by atoms with E-state index in [0.29, 0.717) is 13.0 Å². The highest BCUT2D eigenvalue weighted by molar-refractivity contribution is 5.76. The van der Waals surface area contributed by atoms with E-state index >= 15 is 0 Å². The number of amides is 1. The number of carbonyl (C=O) groups is 1. The number of hydrogen-bond acceptors (Lipinski definition) is 2. The van der Waals surface area contributed by atoms with Crippen molar-refractivity contribution in [1.29, 1.82) is 0 Å². The van der Waals surface area contributed by atoms with Crippen LogP contribution < -0.4 is 11.1 Å². The third kappa shape index (κ3) is 5.03. The second-order valence-corrected chi connectivity index (χ2v) is 5.55. The first-order chi connectivity index (χ1) is 8.93. The molecule has 0 fully saturated rings. The average molecular weight is 262 g/mol. The Kier molecular flexibility index (Phi) is 6.03. The van der Waals surface area contributed by atoms with Gasteiger partial charge in [-0.15, -0.1) is 0 Å². The van der Waals surface area contributed by atoms with Crippen molar-refractivity contribution in [3.05, 3.63) is 34.9 Å². The molecule has 1 rings (SSSR count). The Bertz CT molecular complexity index is 427. The van der Waals surface area contributed by atoms with Gasteiger partial charge < -0.3 is 11.1 Å². The molecule has 0 aliphatic heterocycles. The molecule has 19 heavy (non-hydrogen) atoms. The monoisotopic (exact) mass is 262 g/mol. The third-order valence-corrected chi connectivity index (χ3v) is 3.32. The number of hydrogen-bond donors (Lipinski definition) is 2. The number of rotatable bonds is 6. The van der Waals surface area contributed by atoms with E-state index in [2.05, 4.69) is 37.4 Å². The molecule has 1 amide bonds. The normalized spacial score (nSPS) is 12.5. The van der Waals surface area contributed by atoms with Crippen molar-refractivity contribution < 1.29 is 4.79 Å². The van der Waals surface area contributed by atoms with E-state index in [-0.39, 0.29) is 17.9 Å². The van der Waals surface area contributed by atoms with E-state index in [1.165, 1.54) is 16.7 Å². The summed E-state index contributed by atoms with van der Waals surface area (Å²) in [6.45, 7) is 8.73. The van der Waals surface area contributed by atoms with Gasteiger partial charge in [-0.05, 0) is 57.7 Å².